The lowest BCUT2D eigenvalue weighted by Crippen LogP contribution is -2.39. The van der Waals surface area contributed by atoms with Crippen molar-refractivity contribution in [2.75, 3.05) is 19.3 Å². The van der Waals surface area contributed by atoms with E-state index >= 15 is 0 Å². The molecule has 0 saturated carbocycles. The largest absolute Gasteiger partial charge is 0.345 e. The van der Waals surface area contributed by atoms with Crippen LogP contribution in [0.25, 0.3) is 5.78 Å². The molecule has 2 aromatic rings. The minimum absolute atomic E-state index is 0.0798. The van der Waals surface area contributed by atoms with Crippen molar-refractivity contribution in [2.24, 2.45) is 5.92 Å². The highest BCUT2D eigenvalue weighted by atomic mass is 32.2. The Balaban J connectivity index is 1.73. The minimum atomic E-state index is 0.0798. The van der Waals surface area contributed by atoms with Gasteiger partial charge in [-0.2, -0.15) is 4.98 Å². The smallest absolute Gasteiger partial charge is 0.253 e. The topological polar surface area (TPSA) is 63.4 Å². The molecule has 0 spiro atoms. The molecule has 1 atom stereocenters. The van der Waals surface area contributed by atoms with Gasteiger partial charge in [0, 0.05) is 36.7 Å². The van der Waals surface area contributed by atoms with Crippen molar-refractivity contribution in [1.82, 2.24) is 24.5 Å². The molecule has 2 aromatic heterocycles. The average Bonchev–Trinajstić information content (AvgIpc) is 2.83. The summed E-state index contributed by atoms with van der Waals surface area (Å²) in [6.45, 7) is 4.81. The molecule has 1 amide bonds. The molecule has 112 valence electrons. The Bertz CT molecular complexity index is 683. The highest BCUT2D eigenvalue weighted by Gasteiger charge is 2.26. The maximum atomic E-state index is 12.1. The Hall–Kier alpha value is -1.63. The highest BCUT2D eigenvalue weighted by molar-refractivity contribution is 7.99. The Morgan fingerprint density at radius 1 is 1.38 bits per heavy atom. The molecule has 3 heterocycles. The zero-order chi connectivity index (χ0) is 15.0. The van der Waals surface area contributed by atoms with E-state index < -0.39 is 0 Å². The van der Waals surface area contributed by atoms with Gasteiger partial charge in [0.05, 0.1) is 0 Å². The molecule has 21 heavy (non-hydrogen) atoms. The van der Waals surface area contributed by atoms with Gasteiger partial charge < -0.3 is 4.90 Å². The lowest BCUT2D eigenvalue weighted by Gasteiger charge is -2.28. The second-order valence-electron chi connectivity index (χ2n) is 5.56. The number of hydrogen-bond donors (Lipinski definition) is 0. The van der Waals surface area contributed by atoms with Crippen molar-refractivity contribution in [3.63, 3.8) is 0 Å². The maximum absolute atomic E-state index is 12.1. The van der Waals surface area contributed by atoms with Gasteiger partial charge >= 0.3 is 0 Å². The maximum Gasteiger partial charge on any atom is 0.253 e. The number of rotatable bonds is 3. The number of piperidine rings is 1. The van der Waals surface area contributed by atoms with Gasteiger partial charge in [0.15, 0.2) is 0 Å². The van der Waals surface area contributed by atoms with Crippen molar-refractivity contribution in [1.29, 1.82) is 0 Å². The van der Waals surface area contributed by atoms with Gasteiger partial charge in [0.25, 0.3) is 5.78 Å². The summed E-state index contributed by atoms with van der Waals surface area (Å²) in [6, 6.07) is 1.98. The van der Waals surface area contributed by atoms with E-state index in [-0.39, 0.29) is 11.8 Å². The van der Waals surface area contributed by atoms with Gasteiger partial charge in [-0.3, -0.25) is 4.79 Å². The monoisotopic (exact) mass is 305 g/mol. The van der Waals surface area contributed by atoms with Crippen molar-refractivity contribution < 1.29 is 4.79 Å². The zero-order valence-corrected chi connectivity index (χ0v) is 13.4. The summed E-state index contributed by atoms with van der Waals surface area (Å²) in [5.41, 5.74) is 1.96. The molecule has 1 aliphatic heterocycles. The molecule has 6 nitrogen and oxygen atoms in total. The number of likely N-dealkylation sites (tertiary alicyclic amines) is 1. The number of hydrogen-bond acceptors (Lipinski definition) is 5. The van der Waals surface area contributed by atoms with Crippen LogP contribution in [0.3, 0.4) is 0 Å². The summed E-state index contributed by atoms with van der Waals surface area (Å²) in [7, 11) is 1.87. The molecule has 0 aromatic carbocycles. The van der Waals surface area contributed by atoms with Crippen LogP contribution in [0.5, 0.6) is 0 Å². The van der Waals surface area contributed by atoms with Crippen LogP contribution in [0, 0.1) is 19.8 Å². The number of carbonyl (C=O) groups is 1. The van der Waals surface area contributed by atoms with Crippen LogP contribution >= 0.6 is 11.8 Å². The normalized spacial score (nSPS) is 19.5. The summed E-state index contributed by atoms with van der Waals surface area (Å²) >= 11 is 1.54. The second-order valence-corrected chi connectivity index (χ2v) is 6.54. The van der Waals surface area contributed by atoms with E-state index in [0.29, 0.717) is 10.9 Å². The molecular weight excluding hydrogens is 286 g/mol. The SMILES string of the molecule is Cc1cc(C)n2nc(SC[C@H]3CCCN(C)C3=O)nc2n1. The van der Waals surface area contributed by atoms with Crippen LogP contribution < -0.4 is 0 Å². The summed E-state index contributed by atoms with van der Waals surface area (Å²) in [5, 5.41) is 5.15. The number of fused-ring (bicyclic) bond motifs is 1. The fourth-order valence-corrected chi connectivity index (χ4v) is 3.60. The zero-order valence-electron chi connectivity index (χ0n) is 12.5. The first-order valence-electron chi connectivity index (χ1n) is 7.13. The molecule has 0 unspecified atom stereocenters. The van der Waals surface area contributed by atoms with Gasteiger partial charge in [-0.1, -0.05) is 11.8 Å². The summed E-state index contributed by atoms with van der Waals surface area (Å²) < 4.78 is 1.75. The van der Waals surface area contributed by atoms with Crippen LogP contribution in [-0.4, -0.2) is 49.7 Å². The second kappa shape index (κ2) is 5.63. The Morgan fingerprint density at radius 3 is 3.00 bits per heavy atom. The number of aryl methyl sites for hydroxylation is 2. The molecule has 0 N–H and O–H groups in total. The minimum Gasteiger partial charge on any atom is -0.345 e. The first kappa shape index (κ1) is 14.3. The van der Waals surface area contributed by atoms with Crippen molar-refractivity contribution in [2.45, 2.75) is 31.8 Å². The van der Waals surface area contributed by atoms with Crippen molar-refractivity contribution in [3.05, 3.63) is 17.5 Å². The van der Waals surface area contributed by atoms with E-state index in [0.717, 1.165) is 36.5 Å². The molecule has 1 saturated heterocycles. The van der Waals surface area contributed by atoms with Crippen molar-refractivity contribution in [3.8, 4) is 0 Å². The summed E-state index contributed by atoms with van der Waals surface area (Å²) in [6.07, 6.45) is 2.03. The van der Waals surface area contributed by atoms with Crippen LogP contribution in [-0.2, 0) is 4.79 Å². The van der Waals surface area contributed by atoms with E-state index in [2.05, 4.69) is 15.1 Å². The first-order valence-corrected chi connectivity index (χ1v) is 8.12. The first-order chi connectivity index (χ1) is 10.0. The predicted octanol–water partition coefficient (Wildman–Crippen LogP) is 1.70. The number of nitrogens with zero attached hydrogens (tertiary/aromatic N) is 5. The van der Waals surface area contributed by atoms with E-state index in [1.165, 1.54) is 0 Å². The van der Waals surface area contributed by atoms with Gasteiger partial charge in [-0.25, -0.2) is 9.50 Å². The van der Waals surface area contributed by atoms with E-state index in [1.807, 2.05) is 31.9 Å². The van der Waals surface area contributed by atoms with Crippen molar-refractivity contribution >= 4 is 23.4 Å². The van der Waals surface area contributed by atoms with Gasteiger partial charge in [-0.15, -0.1) is 5.10 Å². The van der Waals surface area contributed by atoms with E-state index in [4.69, 9.17) is 0 Å². The average molecular weight is 305 g/mol. The fourth-order valence-electron chi connectivity index (χ4n) is 2.66. The number of carbonyl (C=O) groups excluding carboxylic acids is 1. The lowest BCUT2D eigenvalue weighted by molar-refractivity contribution is -0.135. The molecule has 0 aliphatic carbocycles. The summed E-state index contributed by atoms with van der Waals surface area (Å²) in [5.74, 6) is 1.68. The Labute approximate surface area is 128 Å². The molecule has 1 fully saturated rings. The van der Waals surface area contributed by atoms with Crippen LogP contribution in [0.1, 0.15) is 24.2 Å². The predicted molar refractivity (Wildman–Crippen MR) is 81.3 cm³/mol. The standard InChI is InChI=1S/C14H19N5OS/c1-9-7-10(2)19-13(15-9)16-14(17-19)21-8-11-5-4-6-18(3)12(11)20/h7,11H,4-6,8H2,1-3H3/t11-/m1/s1. The Kier molecular flexibility index (Phi) is 3.84. The lowest BCUT2D eigenvalue weighted by atomic mass is 10.00. The third-order valence-electron chi connectivity index (χ3n) is 3.78. The molecule has 7 heteroatoms. The van der Waals surface area contributed by atoms with E-state index in [1.54, 1.807) is 16.3 Å². The number of aromatic nitrogens is 4. The Morgan fingerprint density at radius 2 is 2.19 bits per heavy atom. The third-order valence-corrected chi connectivity index (χ3v) is 4.78. The van der Waals surface area contributed by atoms with Gasteiger partial charge in [-0.05, 0) is 32.8 Å². The molecule has 1 aliphatic rings. The van der Waals surface area contributed by atoms with E-state index in [9.17, 15) is 4.79 Å². The quantitative estimate of drug-likeness (QED) is 0.808. The van der Waals surface area contributed by atoms with Crippen LogP contribution in [0.2, 0.25) is 0 Å². The molecule has 3 rings (SSSR count). The van der Waals surface area contributed by atoms with Gasteiger partial charge in [0.2, 0.25) is 11.1 Å². The van der Waals surface area contributed by atoms with Crippen LogP contribution in [0.4, 0.5) is 0 Å². The third kappa shape index (κ3) is 2.88. The van der Waals surface area contributed by atoms with Gasteiger partial charge in [0.1, 0.15) is 0 Å². The number of thioether (sulfide) groups is 1. The summed E-state index contributed by atoms with van der Waals surface area (Å²) in [4.78, 5) is 22.7. The number of amides is 1. The molecule has 0 bridgehead atoms. The molecular formula is C14H19N5OS. The highest BCUT2D eigenvalue weighted by Crippen LogP contribution is 2.24. The molecule has 0 radical (unpaired) electrons. The fraction of sp³-hybridized carbons (Fsp3) is 0.571. The van der Waals surface area contributed by atoms with Crippen LogP contribution in [0.15, 0.2) is 11.2 Å².